The van der Waals surface area contributed by atoms with E-state index in [-0.39, 0.29) is 0 Å². The van der Waals surface area contributed by atoms with Gasteiger partial charge in [-0.1, -0.05) is 20.3 Å². The molecule has 1 rings (SSSR count). The Hall–Kier alpha value is -0.430. The van der Waals surface area contributed by atoms with Crippen LogP contribution in [-0.2, 0) is 16.6 Å². The third-order valence-electron chi connectivity index (χ3n) is 2.88. The molecule has 4 nitrogen and oxygen atoms in total. The van der Waals surface area contributed by atoms with E-state index in [2.05, 4.69) is 19.2 Å². The van der Waals surface area contributed by atoms with Crippen LogP contribution in [0.2, 0.25) is 0 Å². The molecule has 6 heteroatoms. The Bertz CT molecular complexity index is 469. The fraction of sp³-hybridized carbons (Fsp3) is 0.692. The number of nitrogens with zero attached hydrogens (tertiary/aromatic N) is 1. The number of rotatable bonds is 9. The van der Waals surface area contributed by atoms with Gasteiger partial charge in [-0.05, 0) is 36.4 Å². The van der Waals surface area contributed by atoms with Crippen molar-refractivity contribution in [2.24, 2.45) is 0 Å². The number of hydrogen-bond acceptors (Lipinski definition) is 4. The van der Waals surface area contributed by atoms with Gasteiger partial charge in [-0.15, -0.1) is 11.3 Å². The zero-order chi connectivity index (χ0) is 14.3. The highest BCUT2D eigenvalue weighted by molar-refractivity contribution is 7.91. The van der Waals surface area contributed by atoms with Crippen molar-refractivity contribution in [1.29, 1.82) is 0 Å². The summed E-state index contributed by atoms with van der Waals surface area (Å²) in [6.45, 7) is 6.44. The van der Waals surface area contributed by atoms with E-state index in [1.165, 1.54) is 15.6 Å². The Morgan fingerprint density at radius 2 is 2.05 bits per heavy atom. The molecular formula is C13H24N2O2S2. The summed E-state index contributed by atoms with van der Waals surface area (Å²) < 4.78 is 26.5. The van der Waals surface area contributed by atoms with Gasteiger partial charge in [0.25, 0.3) is 10.0 Å². The van der Waals surface area contributed by atoms with Gasteiger partial charge in [0.2, 0.25) is 0 Å². The highest BCUT2D eigenvalue weighted by Gasteiger charge is 2.22. The predicted molar refractivity (Wildman–Crippen MR) is 81.0 cm³/mol. The summed E-state index contributed by atoms with van der Waals surface area (Å²) in [5.41, 5.74) is 1.04. The van der Waals surface area contributed by atoms with Gasteiger partial charge in [-0.3, -0.25) is 0 Å². The lowest BCUT2D eigenvalue weighted by Gasteiger charge is -2.15. The van der Waals surface area contributed by atoms with Crippen LogP contribution in [0.15, 0.2) is 15.7 Å². The molecule has 0 amide bonds. The van der Waals surface area contributed by atoms with Gasteiger partial charge < -0.3 is 5.32 Å². The zero-order valence-electron chi connectivity index (χ0n) is 12.0. The van der Waals surface area contributed by atoms with Crippen molar-refractivity contribution in [3.05, 3.63) is 17.0 Å². The minimum atomic E-state index is -3.30. The molecule has 0 fully saturated rings. The molecule has 0 aliphatic rings. The first-order valence-corrected chi connectivity index (χ1v) is 9.08. The highest BCUT2D eigenvalue weighted by atomic mass is 32.2. The lowest BCUT2D eigenvalue weighted by Crippen LogP contribution is -2.27. The van der Waals surface area contributed by atoms with E-state index < -0.39 is 10.0 Å². The molecule has 0 aromatic carbocycles. The van der Waals surface area contributed by atoms with E-state index in [9.17, 15) is 8.42 Å². The van der Waals surface area contributed by atoms with Crippen molar-refractivity contribution in [3.63, 3.8) is 0 Å². The summed E-state index contributed by atoms with van der Waals surface area (Å²) in [5.74, 6) is 0. The van der Waals surface area contributed by atoms with Gasteiger partial charge in [0.1, 0.15) is 4.21 Å². The molecule has 0 atom stereocenters. The zero-order valence-corrected chi connectivity index (χ0v) is 13.6. The van der Waals surface area contributed by atoms with Gasteiger partial charge in [-0.25, -0.2) is 12.7 Å². The van der Waals surface area contributed by atoms with Gasteiger partial charge in [0.05, 0.1) is 0 Å². The van der Waals surface area contributed by atoms with Crippen LogP contribution in [0.5, 0.6) is 0 Å². The topological polar surface area (TPSA) is 49.4 Å². The monoisotopic (exact) mass is 304 g/mol. The fourth-order valence-electron chi connectivity index (χ4n) is 1.65. The summed E-state index contributed by atoms with van der Waals surface area (Å²) in [5, 5.41) is 5.20. The second-order valence-corrected chi connectivity index (χ2v) is 7.81. The molecule has 110 valence electrons. The molecule has 0 unspecified atom stereocenters. The van der Waals surface area contributed by atoms with Gasteiger partial charge in [-0.2, -0.15) is 0 Å². The molecular weight excluding hydrogens is 280 g/mol. The average Bonchev–Trinajstić information content (AvgIpc) is 2.85. The molecule has 0 saturated heterocycles. The Morgan fingerprint density at radius 3 is 2.68 bits per heavy atom. The lowest BCUT2D eigenvalue weighted by atomic mass is 10.3. The van der Waals surface area contributed by atoms with E-state index in [0.29, 0.717) is 10.8 Å². The van der Waals surface area contributed by atoms with Crippen molar-refractivity contribution in [2.75, 3.05) is 20.1 Å². The van der Waals surface area contributed by atoms with Crippen LogP contribution in [0.3, 0.4) is 0 Å². The molecule has 0 aliphatic heterocycles. The number of hydrogen-bond donors (Lipinski definition) is 1. The molecule has 0 saturated carbocycles. The molecule has 0 radical (unpaired) electrons. The Kier molecular flexibility index (Phi) is 6.99. The minimum absolute atomic E-state index is 0.444. The lowest BCUT2D eigenvalue weighted by molar-refractivity contribution is 0.461. The number of nitrogens with one attached hydrogen (secondary N) is 1. The molecule has 1 heterocycles. The predicted octanol–water partition coefficient (Wildman–Crippen LogP) is 2.67. The van der Waals surface area contributed by atoms with Gasteiger partial charge in [0, 0.05) is 20.1 Å². The van der Waals surface area contributed by atoms with Crippen molar-refractivity contribution in [2.45, 2.75) is 43.9 Å². The molecule has 1 N–H and O–H groups in total. The van der Waals surface area contributed by atoms with E-state index in [1.807, 2.05) is 5.38 Å². The summed E-state index contributed by atoms with van der Waals surface area (Å²) in [6, 6.07) is 1.78. The van der Waals surface area contributed by atoms with Crippen LogP contribution in [-0.4, -0.2) is 32.9 Å². The highest BCUT2D eigenvalue weighted by Crippen LogP contribution is 2.23. The van der Waals surface area contributed by atoms with Crippen molar-refractivity contribution in [3.8, 4) is 0 Å². The van der Waals surface area contributed by atoms with Crippen LogP contribution in [0.4, 0.5) is 0 Å². The Balaban J connectivity index is 2.68. The minimum Gasteiger partial charge on any atom is -0.313 e. The maximum atomic E-state index is 12.3. The third-order valence-corrected chi connectivity index (χ3v) is 6.20. The summed E-state index contributed by atoms with van der Waals surface area (Å²) in [7, 11) is -1.64. The van der Waals surface area contributed by atoms with Crippen molar-refractivity contribution in [1.82, 2.24) is 9.62 Å². The van der Waals surface area contributed by atoms with Crippen LogP contribution in [0.25, 0.3) is 0 Å². The fourth-order valence-corrected chi connectivity index (χ4v) is 4.27. The average molecular weight is 304 g/mol. The second-order valence-electron chi connectivity index (χ2n) is 4.63. The SMILES string of the molecule is CCCCN(C)S(=O)(=O)c1cc(CNCCC)cs1. The molecule has 1 aromatic heterocycles. The first-order chi connectivity index (χ1) is 9.02. The standard InChI is InChI=1S/C13H24N2O2S2/c1-4-6-8-15(3)19(16,17)13-9-12(11-18-13)10-14-7-5-2/h9,11,14H,4-8,10H2,1-3H3. The number of unbranched alkanes of at least 4 members (excludes halogenated alkanes) is 1. The number of sulfonamides is 1. The second kappa shape index (κ2) is 7.99. The van der Waals surface area contributed by atoms with E-state index in [0.717, 1.165) is 37.9 Å². The first kappa shape index (κ1) is 16.6. The first-order valence-electron chi connectivity index (χ1n) is 6.76. The molecule has 0 spiro atoms. The normalized spacial score (nSPS) is 12.2. The molecule has 1 aromatic rings. The Labute approximate surface area is 120 Å². The van der Waals surface area contributed by atoms with Crippen molar-refractivity contribution >= 4 is 21.4 Å². The summed E-state index contributed by atoms with van der Waals surface area (Å²) >= 11 is 1.31. The van der Waals surface area contributed by atoms with Gasteiger partial charge >= 0.3 is 0 Å². The maximum Gasteiger partial charge on any atom is 0.252 e. The quantitative estimate of drug-likeness (QED) is 0.714. The van der Waals surface area contributed by atoms with Gasteiger partial charge in [0.15, 0.2) is 0 Å². The third kappa shape index (κ3) is 4.87. The summed E-state index contributed by atoms with van der Waals surface area (Å²) in [4.78, 5) is 0. The smallest absolute Gasteiger partial charge is 0.252 e. The van der Waals surface area contributed by atoms with Crippen molar-refractivity contribution < 1.29 is 8.42 Å². The van der Waals surface area contributed by atoms with E-state index >= 15 is 0 Å². The van der Waals surface area contributed by atoms with Crippen LogP contribution < -0.4 is 5.32 Å². The van der Waals surface area contributed by atoms with Crippen LogP contribution >= 0.6 is 11.3 Å². The maximum absolute atomic E-state index is 12.3. The molecule has 0 bridgehead atoms. The number of thiophene rings is 1. The largest absolute Gasteiger partial charge is 0.313 e. The van der Waals surface area contributed by atoms with Crippen LogP contribution in [0, 0.1) is 0 Å². The van der Waals surface area contributed by atoms with E-state index in [1.54, 1.807) is 13.1 Å². The summed E-state index contributed by atoms with van der Waals surface area (Å²) in [6.07, 6.45) is 2.97. The van der Waals surface area contributed by atoms with Crippen LogP contribution in [0.1, 0.15) is 38.7 Å². The molecule has 19 heavy (non-hydrogen) atoms. The van der Waals surface area contributed by atoms with E-state index in [4.69, 9.17) is 0 Å². The Morgan fingerprint density at radius 1 is 1.32 bits per heavy atom. The molecule has 0 aliphatic carbocycles.